The van der Waals surface area contributed by atoms with Gasteiger partial charge in [-0.05, 0) is 37.3 Å². The molecule has 0 radical (unpaired) electrons. The number of nitrogens with zero attached hydrogens (tertiary/aromatic N) is 2. The minimum absolute atomic E-state index is 0.0221. The predicted molar refractivity (Wildman–Crippen MR) is 98.3 cm³/mol. The Kier molecular flexibility index (Phi) is 4.97. The highest BCUT2D eigenvalue weighted by Crippen LogP contribution is 2.37. The van der Waals surface area contributed by atoms with E-state index in [-0.39, 0.29) is 11.4 Å². The molecule has 0 atom stereocenters. The molecule has 0 unspecified atom stereocenters. The van der Waals surface area contributed by atoms with Gasteiger partial charge in [0.15, 0.2) is 10.8 Å². The molecule has 0 aliphatic carbocycles. The SMILES string of the molecule is Cc1ccc(-c2nc(C(=O)Nc3ccc(N(C)C)cc3C(F)(F)F)cs2)o1. The number of benzene rings is 1. The maximum atomic E-state index is 13.4. The van der Waals surface area contributed by atoms with Gasteiger partial charge in [0.05, 0.1) is 11.3 Å². The van der Waals surface area contributed by atoms with Gasteiger partial charge in [-0.3, -0.25) is 4.79 Å². The van der Waals surface area contributed by atoms with Crippen molar-refractivity contribution in [1.29, 1.82) is 0 Å². The summed E-state index contributed by atoms with van der Waals surface area (Å²) in [7, 11) is 3.28. The highest BCUT2D eigenvalue weighted by Gasteiger charge is 2.34. The fourth-order valence-corrected chi connectivity index (χ4v) is 3.14. The van der Waals surface area contributed by atoms with Gasteiger partial charge in [-0.25, -0.2) is 4.98 Å². The number of anilines is 2. The molecule has 2 heterocycles. The lowest BCUT2D eigenvalue weighted by atomic mass is 10.1. The van der Waals surface area contributed by atoms with Gasteiger partial charge in [0.2, 0.25) is 0 Å². The molecule has 3 rings (SSSR count). The molecule has 0 fully saturated rings. The van der Waals surface area contributed by atoms with Crippen molar-refractivity contribution in [2.75, 3.05) is 24.3 Å². The van der Waals surface area contributed by atoms with Crippen LogP contribution >= 0.6 is 11.3 Å². The van der Waals surface area contributed by atoms with E-state index in [0.717, 1.165) is 6.07 Å². The van der Waals surface area contributed by atoms with Crippen molar-refractivity contribution < 1.29 is 22.4 Å². The fourth-order valence-electron chi connectivity index (χ4n) is 2.38. The first-order chi connectivity index (χ1) is 12.6. The van der Waals surface area contributed by atoms with Crippen LogP contribution in [0.2, 0.25) is 0 Å². The van der Waals surface area contributed by atoms with E-state index in [9.17, 15) is 18.0 Å². The molecule has 0 bridgehead atoms. The highest BCUT2D eigenvalue weighted by molar-refractivity contribution is 7.13. The van der Waals surface area contributed by atoms with Crippen LogP contribution in [-0.4, -0.2) is 25.0 Å². The second kappa shape index (κ2) is 7.07. The molecular weight excluding hydrogens is 379 g/mol. The van der Waals surface area contributed by atoms with Crippen molar-refractivity contribution in [3.05, 3.63) is 52.7 Å². The number of carbonyl (C=O) groups is 1. The van der Waals surface area contributed by atoms with Gasteiger partial charge in [-0.2, -0.15) is 13.2 Å². The van der Waals surface area contributed by atoms with Crippen molar-refractivity contribution in [2.24, 2.45) is 0 Å². The standard InChI is InChI=1S/C18H16F3N3O2S/c1-10-4-7-15(26-10)17-23-14(9-27-17)16(25)22-13-6-5-11(24(2)3)8-12(13)18(19,20)21/h4-9H,1-3H3,(H,22,25). The molecule has 1 aromatic carbocycles. The fraction of sp³-hybridized carbons (Fsp3) is 0.222. The molecule has 27 heavy (non-hydrogen) atoms. The van der Waals surface area contributed by atoms with E-state index in [4.69, 9.17) is 4.42 Å². The van der Waals surface area contributed by atoms with E-state index >= 15 is 0 Å². The van der Waals surface area contributed by atoms with Crippen LogP contribution in [-0.2, 0) is 6.18 Å². The summed E-state index contributed by atoms with van der Waals surface area (Å²) in [4.78, 5) is 18.1. The van der Waals surface area contributed by atoms with E-state index in [1.165, 1.54) is 28.8 Å². The van der Waals surface area contributed by atoms with E-state index in [1.807, 2.05) is 0 Å². The smallest absolute Gasteiger partial charge is 0.418 e. The number of aromatic nitrogens is 1. The minimum Gasteiger partial charge on any atom is -0.459 e. The van der Waals surface area contributed by atoms with Crippen LogP contribution in [0.1, 0.15) is 21.8 Å². The number of halogens is 3. The Labute approximate surface area is 157 Å². The summed E-state index contributed by atoms with van der Waals surface area (Å²) in [5, 5.41) is 4.26. The zero-order chi connectivity index (χ0) is 19.8. The molecule has 0 saturated carbocycles. The lowest BCUT2D eigenvalue weighted by Crippen LogP contribution is -2.18. The Bertz CT molecular complexity index is 976. The molecule has 0 saturated heterocycles. The third-order valence-electron chi connectivity index (χ3n) is 3.76. The summed E-state index contributed by atoms with van der Waals surface area (Å²) in [5.41, 5.74) is -0.834. The van der Waals surface area contributed by atoms with Crippen LogP contribution in [0.25, 0.3) is 10.8 Å². The van der Waals surface area contributed by atoms with Crippen LogP contribution in [0.15, 0.2) is 40.1 Å². The molecule has 9 heteroatoms. The van der Waals surface area contributed by atoms with Crippen LogP contribution in [0.5, 0.6) is 0 Å². The Balaban J connectivity index is 1.87. The summed E-state index contributed by atoms with van der Waals surface area (Å²) in [6.07, 6.45) is -4.60. The Hall–Kier alpha value is -2.81. The van der Waals surface area contributed by atoms with Gasteiger partial charge in [-0.15, -0.1) is 11.3 Å². The van der Waals surface area contributed by atoms with Crippen LogP contribution < -0.4 is 10.2 Å². The molecule has 2 aromatic heterocycles. The van der Waals surface area contributed by atoms with Gasteiger partial charge in [0.25, 0.3) is 5.91 Å². The summed E-state index contributed by atoms with van der Waals surface area (Å²) >= 11 is 1.18. The molecule has 0 aliphatic rings. The highest BCUT2D eigenvalue weighted by atomic mass is 32.1. The molecule has 5 nitrogen and oxygen atoms in total. The normalized spacial score (nSPS) is 11.5. The Morgan fingerprint density at radius 3 is 2.56 bits per heavy atom. The first-order valence-electron chi connectivity index (χ1n) is 7.87. The zero-order valence-electron chi connectivity index (χ0n) is 14.7. The van der Waals surface area contributed by atoms with Crippen molar-refractivity contribution in [3.63, 3.8) is 0 Å². The number of furan rings is 1. The first-order valence-corrected chi connectivity index (χ1v) is 8.75. The van der Waals surface area contributed by atoms with E-state index in [0.29, 0.717) is 22.2 Å². The third kappa shape index (κ3) is 4.13. The van der Waals surface area contributed by atoms with Gasteiger partial charge < -0.3 is 14.6 Å². The number of nitrogens with one attached hydrogen (secondary N) is 1. The average Bonchev–Trinajstić information content (AvgIpc) is 3.22. The number of rotatable bonds is 4. The first kappa shape index (κ1) is 19.0. The number of aryl methyl sites for hydroxylation is 1. The second-order valence-electron chi connectivity index (χ2n) is 6.02. The minimum atomic E-state index is -4.60. The van der Waals surface area contributed by atoms with Crippen molar-refractivity contribution in [1.82, 2.24) is 4.98 Å². The zero-order valence-corrected chi connectivity index (χ0v) is 15.5. The monoisotopic (exact) mass is 395 g/mol. The summed E-state index contributed by atoms with van der Waals surface area (Å²) < 4.78 is 45.6. The number of hydrogen-bond donors (Lipinski definition) is 1. The van der Waals surface area contributed by atoms with Gasteiger partial charge in [0.1, 0.15) is 11.5 Å². The lowest BCUT2D eigenvalue weighted by Gasteiger charge is -2.18. The molecule has 3 aromatic rings. The summed E-state index contributed by atoms with van der Waals surface area (Å²) in [6, 6.07) is 7.21. The quantitative estimate of drug-likeness (QED) is 0.672. The largest absolute Gasteiger partial charge is 0.459 e. The van der Waals surface area contributed by atoms with Gasteiger partial charge in [-0.1, -0.05) is 0 Å². The topological polar surface area (TPSA) is 58.4 Å². The molecule has 142 valence electrons. The second-order valence-corrected chi connectivity index (χ2v) is 6.88. The lowest BCUT2D eigenvalue weighted by molar-refractivity contribution is -0.136. The van der Waals surface area contributed by atoms with Crippen molar-refractivity contribution in [2.45, 2.75) is 13.1 Å². The third-order valence-corrected chi connectivity index (χ3v) is 4.62. The van der Waals surface area contributed by atoms with Crippen molar-refractivity contribution in [3.8, 4) is 10.8 Å². The molecular formula is C18H16F3N3O2S. The van der Waals surface area contributed by atoms with Crippen LogP contribution in [0.3, 0.4) is 0 Å². The molecule has 1 amide bonds. The van der Waals surface area contributed by atoms with Gasteiger partial charge >= 0.3 is 6.18 Å². The van der Waals surface area contributed by atoms with Gasteiger partial charge in [0, 0.05) is 25.2 Å². The maximum Gasteiger partial charge on any atom is 0.418 e. The molecule has 0 aliphatic heterocycles. The number of thiazole rings is 1. The average molecular weight is 395 g/mol. The summed E-state index contributed by atoms with van der Waals surface area (Å²) in [5.74, 6) is 0.480. The predicted octanol–water partition coefficient (Wildman–Crippen LogP) is 5.05. The number of hydrogen-bond acceptors (Lipinski definition) is 5. The van der Waals surface area contributed by atoms with Crippen molar-refractivity contribution >= 4 is 28.6 Å². The van der Waals surface area contributed by atoms with E-state index < -0.39 is 17.6 Å². The van der Waals surface area contributed by atoms with E-state index in [2.05, 4.69) is 10.3 Å². The van der Waals surface area contributed by atoms with E-state index in [1.54, 1.807) is 38.1 Å². The molecule has 0 spiro atoms. The Morgan fingerprint density at radius 2 is 1.96 bits per heavy atom. The molecule has 1 N–H and O–H groups in total. The number of alkyl halides is 3. The van der Waals surface area contributed by atoms with Crippen LogP contribution in [0, 0.1) is 6.92 Å². The number of carbonyl (C=O) groups excluding carboxylic acids is 1. The maximum absolute atomic E-state index is 13.4. The van der Waals surface area contributed by atoms with Crippen LogP contribution in [0.4, 0.5) is 24.5 Å². The number of amides is 1. The Morgan fingerprint density at radius 1 is 1.22 bits per heavy atom. The summed E-state index contributed by atoms with van der Waals surface area (Å²) in [6.45, 7) is 1.78.